The lowest BCUT2D eigenvalue weighted by Gasteiger charge is -2.37. The van der Waals surface area contributed by atoms with Gasteiger partial charge in [0.25, 0.3) is 0 Å². The third-order valence-electron chi connectivity index (χ3n) is 6.90. The van der Waals surface area contributed by atoms with E-state index in [1.54, 1.807) is 17.5 Å². The molecule has 4 aromatic heterocycles. The van der Waals surface area contributed by atoms with Crippen LogP contribution in [0.5, 0.6) is 0 Å². The first-order valence-corrected chi connectivity index (χ1v) is 12.2. The molecule has 6 rings (SSSR count). The molecule has 0 unspecified atom stereocenters. The highest BCUT2D eigenvalue weighted by molar-refractivity contribution is 7.21. The Morgan fingerprint density at radius 1 is 1.00 bits per heavy atom. The number of nitrogens with zero attached hydrogens (tertiary/aromatic N) is 5. The van der Waals surface area contributed by atoms with Gasteiger partial charge in [0, 0.05) is 43.4 Å². The molecule has 3 atom stereocenters. The summed E-state index contributed by atoms with van der Waals surface area (Å²) in [5.74, 6) is 3.18. The number of thiazole rings is 1. The molecule has 2 bridgehead atoms. The topological polar surface area (TPSA) is 87.1 Å². The van der Waals surface area contributed by atoms with Crippen molar-refractivity contribution in [2.75, 3.05) is 23.3 Å². The molecular formula is C25H26N6OS. The minimum absolute atomic E-state index is 0.156. The fourth-order valence-electron chi connectivity index (χ4n) is 5.12. The van der Waals surface area contributed by atoms with Gasteiger partial charge in [0.15, 0.2) is 0 Å². The molecule has 1 saturated carbocycles. The van der Waals surface area contributed by atoms with Gasteiger partial charge in [-0.3, -0.25) is 4.98 Å². The summed E-state index contributed by atoms with van der Waals surface area (Å²) in [5, 5.41) is 14.7. The number of aliphatic hydroxyl groups excluding tert-OH is 1. The molecule has 7 nitrogen and oxygen atoms in total. The van der Waals surface area contributed by atoms with Gasteiger partial charge >= 0.3 is 0 Å². The van der Waals surface area contributed by atoms with Crippen molar-refractivity contribution in [1.29, 1.82) is 0 Å². The Kier molecular flexibility index (Phi) is 4.99. The second kappa shape index (κ2) is 8.04. The van der Waals surface area contributed by atoms with E-state index in [1.807, 2.05) is 24.4 Å². The van der Waals surface area contributed by atoms with Crippen LogP contribution < -0.4 is 10.2 Å². The van der Waals surface area contributed by atoms with Crippen LogP contribution in [0.15, 0.2) is 42.7 Å². The number of hydrogen-bond donors (Lipinski definition) is 2. The number of fused-ring (bicyclic) bond motifs is 3. The normalized spacial score (nSPS) is 22.2. The lowest BCUT2D eigenvalue weighted by molar-refractivity contribution is 0.0790. The maximum absolute atomic E-state index is 10.4. The Hall–Kier alpha value is -3.10. The molecule has 0 spiro atoms. The lowest BCUT2D eigenvalue weighted by atomic mass is 9.95. The van der Waals surface area contributed by atoms with Crippen molar-refractivity contribution in [3.05, 3.63) is 53.9 Å². The number of aryl methyl sites for hydroxylation is 2. The highest BCUT2D eigenvalue weighted by atomic mass is 32.1. The summed E-state index contributed by atoms with van der Waals surface area (Å²) in [4.78, 5) is 21.2. The minimum Gasteiger partial charge on any atom is -0.392 e. The Morgan fingerprint density at radius 2 is 1.82 bits per heavy atom. The van der Waals surface area contributed by atoms with Gasteiger partial charge < -0.3 is 15.3 Å². The number of hydrogen-bond acceptors (Lipinski definition) is 8. The van der Waals surface area contributed by atoms with Crippen LogP contribution in [0, 0.1) is 25.7 Å². The molecule has 4 aromatic rings. The molecule has 0 amide bonds. The van der Waals surface area contributed by atoms with E-state index in [2.05, 4.69) is 46.2 Å². The number of rotatable bonds is 4. The Balaban J connectivity index is 1.26. The molecule has 0 radical (unpaired) electrons. The molecule has 1 aliphatic heterocycles. The zero-order valence-corrected chi connectivity index (χ0v) is 19.5. The van der Waals surface area contributed by atoms with E-state index in [0.29, 0.717) is 17.7 Å². The van der Waals surface area contributed by atoms with Crippen LogP contribution in [0.3, 0.4) is 0 Å². The summed E-state index contributed by atoms with van der Waals surface area (Å²) < 4.78 is 1.03. The Labute approximate surface area is 196 Å². The fourth-order valence-corrected chi connectivity index (χ4v) is 6.10. The van der Waals surface area contributed by atoms with Gasteiger partial charge in [0.1, 0.15) is 28.2 Å². The van der Waals surface area contributed by atoms with E-state index in [-0.39, 0.29) is 6.10 Å². The van der Waals surface area contributed by atoms with E-state index in [9.17, 15) is 5.11 Å². The fraction of sp³-hybridized carbons (Fsp3) is 0.360. The van der Waals surface area contributed by atoms with E-state index in [1.165, 1.54) is 0 Å². The first kappa shape index (κ1) is 20.5. The maximum atomic E-state index is 10.4. The number of nitrogens with one attached hydrogen (secondary N) is 1. The largest absolute Gasteiger partial charge is 0.392 e. The third-order valence-corrected chi connectivity index (χ3v) is 7.91. The number of aromatic nitrogens is 4. The summed E-state index contributed by atoms with van der Waals surface area (Å²) in [6.07, 6.45) is 5.72. The molecule has 2 fully saturated rings. The van der Waals surface area contributed by atoms with Crippen molar-refractivity contribution >= 4 is 39.0 Å². The molecule has 1 saturated heterocycles. The van der Waals surface area contributed by atoms with E-state index < -0.39 is 0 Å². The monoisotopic (exact) mass is 458 g/mol. The van der Waals surface area contributed by atoms with E-state index in [4.69, 9.17) is 9.97 Å². The predicted octanol–water partition coefficient (Wildman–Crippen LogP) is 4.72. The summed E-state index contributed by atoms with van der Waals surface area (Å²) in [6.45, 7) is 5.88. The molecule has 33 heavy (non-hydrogen) atoms. The Morgan fingerprint density at radius 3 is 2.61 bits per heavy atom. The average Bonchev–Trinajstić information content (AvgIpc) is 3.30. The van der Waals surface area contributed by atoms with E-state index in [0.717, 1.165) is 69.6 Å². The first-order valence-electron chi connectivity index (χ1n) is 11.4. The third kappa shape index (κ3) is 3.73. The SMILES string of the molecule is Cc1cccnc1-c1nc2cc(Nc3ccc(C)c(N4C[C@H]5CC[C@@H](C4)[C@H]5O)n3)ncc2s1. The van der Waals surface area contributed by atoms with Gasteiger partial charge in [-0.1, -0.05) is 12.1 Å². The quantitative estimate of drug-likeness (QED) is 0.458. The standard InChI is InChI=1S/C25H26N6OS/c1-14-4-3-9-26-22(14)25-28-18-10-21(27-11-19(18)33-25)29-20-8-5-15(2)24(30-20)31-12-16-6-7-17(13-31)23(16)32/h3-5,8-11,16-17,23,32H,6-7,12-13H2,1-2H3,(H,27,29,30)/t16-,17+,23+. The van der Waals surface area contributed by atoms with Crippen molar-refractivity contribution in [1.82, 2.24) is 19.9 Å². The van der Waals surface area contributed by atoms with Crippen molar-refractivity contribution in [3.8, 4) is 10.7 Å². The van der Waals surface area contributed by atoms with Gasteiger partial charge in [0.2, 0.25) is 0 Å². The molecule has 8 heteroatoms. The Bertz CT molecular complexity index is 1320. The van der Waals surface area contributed by atoms with Crippen LogP contribution in [0.1, 0.15) is 24.0 Å². The van der Waals surface area contributed by atoms with Crippen LogP contribution >= 0.6 is 11.3 Å². The number of aliphatic hydroxyl groups is 1. The zero-order chi connectivity index (χ0) is 22.5. The van der Waals surface area contributed by atoms with Crippen LogP contribution in [-0.4, -0.2) is 44.2 Å². The highest BCUT2D eigenvalue weighted by Gasteiger charge is 2.41. The number of piperidine rings is 1. The predicted molar refractivity (Wildman–Crippen MR) is 132 cm³/mol. The second-order valence-electron chi connectivity index (χ2n) is 9.18. The summed E-state index contributed by atoms with van der Waals surface area (Å²) >= 11 is 1.60. The van der Waals surface area contributed by atoms with Crippen molar-refractivity contribution in [2.24, 2.45) is 11.8 Å². The smallest absolute Gasteiger partial charge is 0.143 e. The van der Waals surface area contributed by atoms with Crippen LogP contribution in [0.4, 0.5) is 17.5 Å². The first-order chi connectivity index (χ1) is 16.0. The molecule has 0 aromatic carbocycles. The maximum Gasteiger partial charge on any atom is 0.143 e. The van der Waals surface area contributed by atoms with Crippen LogP contribution in [0.2, 0.25) is 0 Å². The van der Waals surface area contributed by atoms with Crippen molar-refractivity contribution in [2.45, 2.75) is 32.8 Å². The van der Waals surface area contributed by atoms with Gasteiger partial charge in [-0.05, 0) is 49.9 Å². The lowest BCUT2D eigenvalue weighted by Crippen LogP contribution is -2.45. The van der Waals surface area contributed by atoms with Crippen LogP contribution in [-0.2, 0) is 0 Å². The van der Waals surface area contributed by atoms with Gasteiger partial charge in [-0.2, -0.15) is 0 Å². The van der Waals surface area contributed by atoms with Crippen molar-refractivity contribution in [3.63, 3.8) is 0 Å². The summed E-state index contributed by atoms with van der Waals surface area (Å²) in [7, 11) is 0. The molecule has 1 aliphatic carbocycles. The van der Waals surface area contributed by atoms with Crippen LogP contribution in [0.25, 0.3) is 20.9 Å². The molecule has 2 N–H and O–H groups in total. The van der Waals surface area contributed by atoms with Gasteiger partial charge in [0.05, 0.1) is 16.3 Å². The van der Waals surface area contributed by atoms with E-state index >= 15 is 0 Å². The summed E-state index contributed by atoms with van der Waals surface area (Å²) in [6, 6.07) is 10.0. The van der Waals surface area contributed by atoms with Gasteiger partial charge in [-0.15, -0.1) is 11.3 Å². The zero-order valence-electron chi connectivity index (χ0n) is 18.7. The minimum atomic E-state index is -0.156. The second-order valence-corrected chi connectivity index (χ2v) is 10.2. The average molecular weight is 459 g/mol. The number of anilines is 3. The molecule has 5 heterocycles. The molecule has 2 aliphatic rings. The van der Waals surface area contributed by atoms with Crippen molar-refractivity contribution < 1.29 is 5.11 Å². The summed E-state index contributed by atoms with van der Waals surface area (Å²) in [5.41, 5.74) is 4.07. The highest BCUT2D eigenvalue weighted by Crippen LogP contribution is 2.39. The van der Waals surface area contributed by atoms with Gasteiger partial charge in [-0.25, -0.2) is 15.0 Å². The molecular weight excluding hydrogens is 432 g/mol. The molecule has 168 valence electrons. The number of pyridine rings is 3.